The molecule has 2 bridgehead atoms. The summed E-state index contributed by atoms with van der Waals surface area (Å²) in [5.41, 5.74) is 1.70. The Bertz CT molecular complexity index is 805. The number of ether oxygens (including phenoxy) is 2. The van der Waals surface area contributed by atoms with Crippen molar-refractivity contribution >= 4 is 17.6 Å². The molecule has 0 saturated carbocycles. The average molecular weight is 412 g/mol. The van der Waals surface area contributed by atoms with Crippen molar-refractivity contribution < 1.29 is 32.2 Å². The number of alkyl halides is 3. The van der Waals surface area contributed by atoms with Crippen molar-refractivity contribution in [1.82, 2.24) is 10.2 Å². The third-order valence-corrected chi connectivity index (χ3v) is 5.20. The van der Waals surface area contributed by atoms with Crippen LogP contribution in [0.3, 0.4) is 0 Å². The Labute approximate surface area is 166 Å². The van der Waals surface area contributed by atoms with Crippen LogP contribution in [0.1, 0.15) is 38.2 Å². The molecule has 1 aromatic rings. The molecule has 6 nitrogen and oxygen atoms in total. The number of urea groups is 1. The molecule has 0 aromatic heterocycles. The minimum Gasteiger partial charge on any atom is -0.466 e. The zero-order chi connectivity index (χ0) is 21.2. The van der Waals surface area contributed by atoms with Gasteiger partial charge in [0.2, 0.25) is 0 Å². The van der Waals surface area contributed by atoms with Crippen molar-refractivity contribution in [3.05, 3.63) is 35.4 Å². The molecule has 158 valence electrons. The smallest absolute Gasteiger partial charge is 0.466 e. The average Bonchev–Trinajstić information content (AvgIpc) is 2.98. The summed E-state index contributed by atoms with van der Waals surface area (Å²) in [6.45, 7) is 2.49. The molecule has 2 atom stereocenters. The largest absolute Gasteiger partial charge is 0.573 e. The molecule has 29 heavy (non-hydrogen) atoms. The molecule has 2 aliphatic heterocycles. The quantitative estimate of drug-likeness (QED) is 0.746. The fourth-order valence-corrected chi connectivity index (χ4v) is 4.04. The molecule has 2 aliphatic rings. The Kier molecular flexibility index (Phi) is 6.04. The van der Waals surface area contributed by atoms with Crippen molar-refractivity contribution in [1.29, 1.82) is 0 Å². The first-order valence-corrected chi connectivity index (χ1v) is 9.48. The van der Waals surface area contributed by atoms with Gasteiger partial charge in [0.15, 0.2) is 0 Å². The highest BCUT2D eigenvalue weighted by Gasteiger charge is 2.46. The number of benzene rings is 1. The first-order valence-electron chi connectivity index (χ1n) is 9.48. The standard InChI is InChI=1S/C20H23F3N2O4/c1-3-10-24-19(27)25-13-6-9-16(25)17(18(26)28-2)15(11-13)12-4-7-14(8-5-12)29-20(21,22)23/h4-5,7-8,13,16H,3,6,9-11H2,1-2H3,(H,24,27). The van der Waals surface area contributed by atoms with Crippen LogP contribution in [0.5, 0.6) is 5.75 Å². The van der Waals surface area contributed by atoms with Crippen molar-refractivity contribution in [2.24, 2.45) is 0 Å². The number of amides is 2. The van der Waals surface area contributed by atoms with Crippen LogP contribution < -0.4 is 10.1 Å². The monoisotopic (exact) mass is 412 g/mol. The van der Waals surface area contributed by atoms with Crippen LogP contribution in [0.2, 0.25) is 0 Å². The van der Waals surface area contributed by atoms with E-state index >= 15 is 0 Å². The predicted molar refractivity (Wildman–Crippen MR) is 99.0 cm³/mol. The van der Waals surface area contributed by atoms with Gasteiger partial charge in [-0.2, -0.15) is 0 Å². The normalized spacial score (nSPS) is 21.2. The highest BCUT2D eigenvalue weighted by atomic mass is 19.4. The molecule has 0 radical (unpaired) electrons. The van der Waals surface area contributed by atoms with Crippen molar-refractivity contribution in [3.8, 4) is 5.75 Å². The van der Waals surface area contributed by atoms with Gasteiger partial charge in [0.05, 0.1) is 18.7 Å². The number of carbonyl (C=O) groups is 2. The topological polar surface area (TPSA) is 67.9 Å². The molecule has 1 fully saturated rings. The molecular weight excluding hydrogens is 389 g/mol. The number of carbonyl (C=O) groups excluding carboxylic acids is 2. The summed E-state index contributed by atoms with van der Waals surface area (Å²) < 4.78 is 46.0. The van der Waals surface area contributed by atoms with E-state index in [1.165, 1.54) is 31.4 Å². The maximum atomic E-state index is 12.6. The van der Waals surface area contributed by atoms with Crippen LogP contribution in [0, 0.1) is 0 Å². The summed E-state index contributed by atoms with van der Waals surface area (Å²) in [4.78, 5) is 26.9. The maximum Gasteiger partial charge on any atom is 0.573 e. The lowest BCUT2D eigenvalue weighted by Gasteiger charge is -2.37. The first-order chi connectivity index (χ1) is 13.7. The summed E-state index contributed by atoms with van der Waals surface area (Å²) in [6, 6.07) is 4.70. The van der Waals surface area contributed by atoms with E-state index < -0.39 is 18.4 Å². The lowest BCUT2D eigenvalue weighted by atomic mass is 9.88. The van der Waals surface area contributed by atoms with E-state index in [1.807, 2.05) is 6.92 Å². The molecule has 0 aliphatic carbocycles. The number of nitrogens with one attached hydrogen (secondary N) is 1. The lowest BCUT2D eigenvalue weighted by molar-refractivity contribution is -0.274. The van der Waals surface area contributed by atoms with E-state index in [1.54, 1.807) is 4.90 Å². The second-order valence-electron chi connectivity index (χ2n) is 7.05. The predicted octanol–water partition coefficient (Wildman–Crippen LogP) is 3.87. The summed E-state index contributed by atoms with van der Waals surface area (Å²) >= 11 is 0. The van der Waals surface area contributed by atoms with Gasteiger partial charge in [0, 0.05) is 12.6 Å². The molecule has 1 N–H and O–H groups in total. The van der Waals surface area contributed by atoms with Crippen molar-refractivity contribution in [2.45, 2.75) is 51.1 Å². The zero-order valence-electron chi connectivity index (χ0n) is 16.2. The molecule has 3 rings (SSSR count). The number of rotatable bonds is 5. The first kappa shape index (κ1) is 21.0. The van der Waals surface area contributed by atoms with Crippen LogP contribution in [0.25, 0.3) is 5.57 Å². The van der Waals surface area contributed by atoms with E-state index in [4.69, 9.17) is 4.74 Å². The summed E-state index contributed by atoms with van der Waals surface area (Å²) in [5, 5.41) is 2.85. The second kappa shape index (κ2) is 8.34. The number of methoxy groups -OCH3 is 1. The molecule has 1 aromatic carbocycles. The highest BCUT2D eigenvalue weighted by Crippen LogP contribution is 2.43. The summed E-state index contributed by atoms with van der Waals surface area (Å²) in [5.74, 6) is -0.866. The third kappa shape index (κ3) is 4.49. The lowest BCUT2D eigenvalue weighted by Crippen LogP contribution is -2.51. The molecule has 1 saturated heterocycles. The minimum absolute atomic E-state index is 0.0774. The molecule has 2 unspecified atom stereocenters. The van der Waals surface area contributed by atoms with Gasteiger partial charge in [-0.3, -0.25) is 0 Å². The second-order valence-corrected chi connectivity index (χ2v) is 7.05. The SMILES string of the molecule is CCCNC(=O)N1C2CCC1C(C(=O)OC)=C(c1ccc(OC(F)(F)F)cc1)C2. The fraction of sp³-hybridized carbons (Fsp3) is 0.500. The van der Waals surface area contributed by atoms with E-state index in [0.29, 0.717) is 36.1 Å². The van der Waals surface area contributed by atoms with E-state index in [2.05, 4.69) is 10.1 Å². The Balaban J connectivity index is 1.94. The van der Waals surface area contributed by atoms with Gasteiger partial charge < -0.3 is 19.7 Å². The summed E-state index contributed by atoms with van der Waals surface area (Å²) in [6.07, 6.45) is -2.17. The molecular formula is C20H23F3N2O4. The molecule has 0 spiro atoms. The van der Waals surface area contributed by atoms with Crippen molar-refractivity contribution in [2.75, 3.05) is 13.7 Å². The van der Waals surface area contributed by atoms with Crippen LogP contribution in [0.4, 0.5) is 18.0 Å². The van der Waals surface area contributed by atoms with Gasteiger partial charge in [0.25, 0.3) is 0 Å². The van der Waals surface area contributed by atoms with Crippen molar-refractivity contribution in [3.63, 3.8) is 0 Å². The Morgan fingerprint density at radius 3 is 2.48 bits per heavy atom. The van der Waals surface area contributed by atoms with Crippen LogP contribution in [-0.2, 0) is 9.53 Å². The number of halogens is 3. The maximum absolute atomic E-state index is 12.6. The number of hydrogen-bond donors (Lipinski definition) is 1. The third-order valence-electron chi connectivity index (χ3n) is 5.20. The van der Waals surface area contributed by atoms with Gasteiger partial charge in [-0.1, -0.05) is 19.1 Å². The van der Waals surface area contributed by atoms with Gasteiger partial charge in [-0.25, -0.2) is 9.59 Å². The van der Waals surface area contributed by atoms with Gasteiger partial charge >= 0.3 is 18.4 Å². The van der Waals surface area contributed by atoms with E-state index in [0.717, 1.165) is 12.8 Å². The van der Waals surface area contributed by atoms with Crippen LogP contribution >= 0.6 is 0 Å². The Hall–Kier alpha value is -2.71. The van der Waals surface area contributed by atoms with E-state index in [-0.39, 0.29) is 17.8 Å². The number of fused-ring (bicyclic) bond motifs is 2. The van der Waals surface area contributed by atoms with Gasteiger partial charge in [-0.05, 0) is 49.0 Å². The molecule has 9 heteroatoms. The number of nitrogens with zero attached hydrogens (tertiary/aromatic N) is 1. The van der Waals surface area contributed by atoms with Crippen LogP contribution in [-0.4, -0.2) is 49.0 Å². The number of hydrogen-bond acceptors (Lipinski definition) is 4. The summed E-state index contributed by atoms with van der Waals surface area (Å²) in [7, 11) is 1.27. The highest BCUT2D eigenvalue weighted by molar-refractivity contribution is 6.01. The zero-order valence-corrected chi connectivity index (χ0v) is 16.2. The Morgan fingerprint density at radius 2 is 1.90 bits per heavy atom. The van der Waals surface area contributed by atoms with Gasteiger partial charge in [-0.15, -0.1) is 13.2 Å². The van der Waals surface area contributed by atoms with Gasteiger partial charge in [0.1, 0.15) is 5.75 Å². The van der Waals surface area contributed by atoms with E-state index in [9.17, 15) is 22.8 Å². The Morgan fingerprint density at radius 1 is 1.21 bits per heavy atom. The molecule has 2 heterocycles. The van der Waals surface area contributed by atoms with Crippen LogP contribution in [0.15, 0.2) is 29.8 Å². The fourth-order valence-electron chi connectivity index (χ4n) is 4.04. The minimum atomic E-state index is -4.77. The number of esters is 1. The molecule has 2 amide bonds.